The van der Waals surface area contributed by atoms with E-state index in [4.69, 9.17) is 19.7 Å². The topological polar surface area (TPSA) is 56.1 Å². The third-order valence-corrected chi connectivity index (χ3v) is 12.6. The number of rotatable bonds is 9. The molecule has 0 aliphatic carbocycles. The fourth-order valence-corrected chi connectivity index (χ4v) is 9.76. The maximum atomic E-state index is 6.64. The largest absolute Gasteiger partial charge is 0.464 e. The minimum Gasteiger partial charge on any atom is -0.464 e. The van der Waals surface area contributed by atoms with Crippen molar-refractivity contribution in [2.75, 3.05) is 4.90 Å². The fraction of sp³-hybridized carbons (Fsp3) is 0.0339. The van der Waals surface area contributed by atoms with Gasteiger partial charge in [-0.25, -0.2) is 4.98 Å². The summed E-state index contributed by atoms with van der Waals surface area (Å²) >= 11 is 0. The van der Waals surface area contributed by atoms with Crippen LogP contribution < -0.4 is 9.64 Å². The van der Waals surface area contributed by atoms with Crippen LogP contribution in [0.15, 0.2) is 243 Å². The van der Waals surface area contributed by atoms with Crippen LogP contribution in [0.25, 0.3) is 50.5 Å². The Bertz CT molecular complexity index is 3370. The number of hydrogen-bond acceptors (Lipinski definition) is 5. The van der Waals surface area contributed by atoms with Crippen molar-refractivity contribution in [3.05, 3.63) is 270 Å². The lowest BCUT2D eigenvalue weighted by Crippen LogP contribution is -2.31. The summed E-state index contributed by atoms with van der Waals surface area (Å²) in [7, 11) is 0. The summed E-state index contributed by atoms with van der Waals surface area (Å²) in [6, 6.07) is 85.1. The van der Waals surface area contributed by atoms with Crippen molar-refractivity contribution in [3.63, 3.8) is 0 Å². The van der Waals surface area contributed by atoms with Crippen LogP contribution in [0.4, 0.5) is 11.4 Å². The number of benzene rings is 9. The van der Waals surface area contributed by atoms with E-state index in [1.165, 1.54) is 16.7 Å². The average molecular weight is 836 g/mol. The van der Waals surface area contributed by atoms with E-state index in [1.807, 2.05) is 36.4 Å². The van der Waals surface area contributed by atoms with Gasteiger partial charge in [0.05, 0.1) is 22.1 Å². The molecule has 0 spiro atoms. The third-order valence-electron chi connectivity index (χ3n) is 12.6. The van der Waals surface area contributed by atoms with E-state index >= 15 is 0 Å². The number of hydrogen-bond donors (Lipinski definition) is 0. The first-order valence-corrected chi connectivity index (χ1v) is 22.0. The molecule has 6 nitrogen and oxygen atoms in total. The Hall–Kier alpha value is -8.61. The molecule has 308 valence electrons. The van der Waals surface area contributed by atoms with Crippen molar-refractivity contribution in [3.8, 4) is 34.5 Å². The number of para-hydroxylation sites is 3. The van der Waals surface area contributed by atoms with E-state index in [1.54, 1.807) is 0 Å². The number of aromatic nitrogens is 4. The quantitative estimate of drug-likeness (QED) is 0.136. The normalized spacial score (nSPS) is 13.5. The molecule has 1 atom stereocenters. The number of nitrogens with zero attached hydrogens (tertiary/aromatic N) is 5. The van der Waals surface area contributed by atoms with Gasteiger partial charge in [-0.1, -0.05) is 200 Å². The lowest BCUT2D eigenvalue weighted by atomic mass is 9.65. The maximum absolute atomic E-state index is 6.64. The van der Waals surface area contributed by atoms with Crippen LogP contribution in [-0.4, -0.2) is 19.5 Å². The van der Waals surface area contributed by atoms with Gasteiger partial charge >= 0.3 is 0 Å². The van der Waals surface area contributed by atoms with Crippen LogP contribution in [0.3, 0.4) is 0 Å². The Morgan fingerprint density at radius 1 is 0.400 bits per heavy atom. The molecular formula is C59H41N5O. The van der Waals surface area contributed by atoms with Gasteiger partial charge in [0.15, 0.2) is 11.6 Å². The Morgan fingerprint density at radius 2 is 0.923 bits per heavy atom. The lowest BCUT2D eigenvalue weighted by Gasteiger charge is -2.37. The molecule has 2 aromatic heterocycles. The standard InChI is InChI=1S/C59H41N5O/c1-6-21-41(22-7-1)55-60-56(43-25-20-32-47(39-43)59(44-26-10-3-11-27-44,45-28-12-4-13-29-45)46-30-14-5-15-31-46)62-58(61-55)64-51-34-17-16-33-49(51)50-40-48(37-38-52(50)64)63-53-35-18-19-36-54(53)65-57(63)42-23-8-2-9-24-42/h1-40,57H. The van der Waals surface area contributed by atoms with E-state index in [-0.39, 0.29) is 6.23 Å². The van der Waals surface area contributed by atoms with Crippen LogP contribution in [0.2, 0.25) is 0 Å². The zero-order chi connectivity index (χ0) is 43.2. The Kier molecular flexibility index (Phi) is 9.34. The highest BCUT2D eigenvalue weighted by Gasteiger charge is 2.39. The Morgan fingerprint density at radius 3 is 1.60 bits per heavy atom. The van der Waals surface area contributed by atoms with Crippen molar-refractivity contribution in [2.24, 2.45) is 0 Å². The van der Waals surface area contributed by atoms with E-state index < -0.39 is 5.41 Å². The summed E-state index contributed by atoms with van der Waals surface area (Å²) in [6.45, 7) is 0. The monoisotopic (exact) mass is 835 g/mol. The fourth-order valence-electron chi connectivity index (χ4n) is 9.76. The molecular weight excluding hydrogens is 795 g/mol. The molecule has 3 heterocycles. The summed E-state index contributed by atoms with van der Waals surface area (Å²) in [4.78, 5) is 18.2. The molecule has 11 aromatic rings. The maximum Gasteiger partial charge on any atom is 0.238 e. The molecule has 65 heavy (non-hydrogen) atoms. The molecule has 0 saturated heterocycles. The zero-order valence-corrected chi connectivity index (χ0v) is 35.3. The number of anilines is 2. The molecule has 12 rings (SSSR count). The highest BCUT2D eigenvalue weighted by atomic mass is 16.5. The number of fused-ring (bicyclic) bond motifs is 4. The van der Waals surface area contributed by atoms with Crippen LogP contribution in [0, 0.1) is 0 Å². The second kappa shape index (κ2) is 15.9. The van der Waals surface area contributed by atoms with E-state index in [0.717, 1.165) is 61.2 Å². The van der Waals surface area contributed by atoms with Crippen molar-refractivity contribution in [1.29, 1.82) is 0 Å². The summed E-state index contributed by atoms with van der Waals surface area (Å²) in [5.41, 5.74) is 10.9. The molecule has 0 fully saturated rings. The van der Waals surface area contributed by atoms with Crippen LogP contribution in [0.1, 0.15) is 34.0 Å². The smallest absolute Gasteiger partial charge is 0.238 e. The molecule has 1 unspecified atom stereocenters. The van der Waals surface area contributed by atoms with Gasteiger partial charge in [-0.3, -0.25) is 9.47 Å². The van der Waals surface area contributed by atoms with Crippen LogP contribution in [-0.2, 0) is 5.41 Å². The number of ether oxygens (including phenoxy) is 1. The molecule has 0 radical (unpaired) electrons. The second-order valence-corrected chi connectivity index (χ2v) is 16.4. The zero-order valence-electron chi connectivity index (χ0n) is 35.3. The van der Waals surface area contributed by atoms with E-state index in [0.29, 0.717) is 17.6 Å². The van der Waals surface area contributed by atoms with E-state index in [9.17, 15) is 0 Å². The first kappa shape index (κ1) is 38.1. The van der Waals surface area contributed by atoms with Crippen LogP contribution >= 0.6 is 0 Å². The van der Waals surface area contributed by atoms with Gasteiger partial charge in [0.2, 0.25) is 12.2 Å². The highest BCUT2D eigenvalue weighted by molar-refractivity contribution is 6.10. The van der Waals surface area contributed by atoms with Gasteiger partial charge in [-0.2, -0.15) is 9.97 Å². The Labute approximate surface area is 377 Å². The summed E-state index contributed by atoms with van der Waals surface area (Å²) in [5, 5.41) is 2.18. The van der Waals surface area contributed by atoms with Gasteiger partial charge in [0.25, 0.3) is 0 Å². The second-order valence-electron chi connectivity index (χ2n) is 16.4. The summed E-state index contributed by atoms with van der Waals surface area (Å²) in [5.74, 6) is 2.57. The van der Waals surface area contributed by atoms with Gasteiger partial charge < -0.3 is 4.74 Å². The summed E-state index contributed by atoms with van der Waals surface area (Å²) < 4.78 is 8.82. The first-order valence-electron chi connectivity index (χ1n) is 22.0. The van der Waals surface area contributed by atoms with Crippen LogP contribution in [0.5, 0.6) is 5.75 Å². The minimum absolute atomic E-state index is 0.320. The van der Waals surface area contributed by atoms with Crippen molar-refractivity contribution < 1.29 is 4.74 Å². The van der Waals surface area contributed by atoms with E-state index in [2.05, 4.69) is 216 Å². The Balaban J connectivity index is 1.06. The van der Waals surface area contributed by atoms with Crippen molar-refractivity contribution >= 4 is 33.2 Å². The van der Waals surface area contributed by atoms with Crippen molar-refractivity contribution in [2.45, 2.75) is 11.6 Å². The molecule has 1 aliphatic rings. The van der Waals surface area contributed by atoms with Gasteiger partial charge in [0, 0.05) is 33.2 Å². The molecule has 0 amide bonds. The average Bonchev–Trinajstić information content (AvgIpc) is 3.94. The summed E-state index contributed by atoms with van der Waals surface area (Å²) in [6.07, 6.45) is -0.320. The predicted octanol–water partition coefficient (Wildman–Crippen LogP) is 13.9. The predicted molar refractivity (Wildman–Crippen MR) is 262 cm³/mol. The lowest BCUT2D eigenvalue weighted by molar-refractivity contribution is 0.240. The third kappa shape index (κ3) is 6.46. The minimum atomic E-state index is -0.636. The molecule has 9 aromatic carbocycles. The molecule has 6 heteroatoms. The highest BCUT2D eigenvalue weighted by Crippen LogP contribution is 2.49. The molecule has 0 N–H and O–H groups in total. The van der Waals surface area contributed by atoms with Crippen molar-refractivity contribution in [1.82, 2.24) is 19.5 Å². The van der Waals surface area contributed by atoms with Gasteiger partial charge in [-0.15, -0.1) is 0 Å². The first-order chi connectivity index (χ1) is 32.2. The SMILES string of the molecule is c1ccc(-c2nc(-c3cccc(C(c4ccccc4)(c4ccccc4)c4ccccc4)c3)nc(-n3c4ccccc4c4cc(N5c6ccccc6OC5c5ccccc5)ccc43)n2)cc1. The molecule has 1 aliphatic heterocycles. The molecule has 0 bridgehead atoms. The van der Waals surface area contributed by atoms with Gasteiger partial charge in [0.1, 0.15) is 5.75 Å². The van der Waals surface area contributed by atoms with Gasteiger partial charge in [-0.05, 0) is 64.7 Å². The molecule has 0 saturated carbocycles.